The van der Waals surface area contributed by atoms with Crippen LogP contribution >= 0.6 is 33.9 Å². The van der Waals surface area contributed by atoms with Gasteiger partial charge in [0.05, 0.1) is 24.0 Å². The molecular weight excluding hydrogens is 559 g/mol. The molecule has 1 aliphatic rings. The van der Waals surface area contributed by atoms with Crippen LogP contribution in [0.15, 0.2) is 36.5 Å². The number of nitrogens with one attached hydrogen (secondary N) is 1. The van der Waals surface area contributed by atoms with Crippen LogP contribution in [0.3, 0.4) is 0 Å². The van der Waals surface area contributed by atoms with Crippen molar-refractivity contribution < 1.29 is 19.8 Å². The van der Waals surface area contributed by atoms with E-state index in [1.807, 2.05) is 6.08 Å². The molecule has 3 atom stereocenters. The minimum Gasteiger partial charge on any atom is -0.380 e. The monoisotopic (exact) mass is 586 g/mol. The SMILES string of the molecule is C[C@@H](NC(=O)[C@H](O)[C@@H](O)C(=O)N1CCc2nc(N)sc2C1)c1ccc(N(N)/C=C\CI)cc1. The molecular formula is C21H27IN6O4S. The molecule has 0 saturated heterocycles. The second-order valence-electron chi connectivity index (χ2n) is 7.59. The van der Waals surface area contributed by atoms with Gasteiger partial charge in [0.1, 0.15) is 0 Å². The van der Waals surface area contributed by atoms with Gasteiger partial charge >= 0.3 is 0 Å². The number of fused-ring (bicyclic) bond motifs is 1. The number of aromatic nitrogens is 1. The van der Waals surface area contributed by atoms with Crippen LogP contribution in [0.1, 0.15) is 29.1 Å². The molecule has 0 bridgehead atoms. The number of rotatable bonds is 8. The van der Waals surface area contributed by atoms with Crippen LogP contribution < -0.4 is 21.9 Å². The zero-order valence-corrected chi connectivity index (χ0v) is 21.0. The Morgan fingerprint density at radius 2 is 2.03 bits per heavy atom. The molecule has 12 heteroatoms. The van der Waals surface area contributed by atoms with E-state index in [1.54, 1.807) is 37.4 Å². The molecule has 33 heavy (non-hydrogen) atoms. The average molecular weight is 586 g/mol. The first kappa shape index (κ1) is 25.4. The number of allylic oxidation sites excluding steroid dienone is 1. The highest BCUT2D eigenvalue weighted by molar-refractivity contribution is 14.1. The third kappa shape index (κ3) is 6.20. The predicted molar refractivity (Wildman–Crippen MR) is 135 cm³/mol. The minimum absolute atomic E-state index is 0.238. The van der Waals surface area contributed by atoms with Crippen LogP contribution in [-0.4, -0.2) is 55.1 Å². The van der Waals surface area contributed by atoms with Gasteiger partial charge in [0, 0.05) is 28.5 Å². The Bertz CT molecular complexity index is 1010. The van der Waals surface area contributed by atoms with Crippen molar-refractivity contribution in [3.8, 4) is 0 Å². The predicted octanol–water partition coefficient (Wildman–Crippen LogP) is 0.838. The second kappa shape index (κ2) is 11.2. The lowest BCUT2D eigenvalue weighted by Crippen LogP contribution is -2.51. The number of carbonyl (C=O) groups excluding carboxylic acids is 2. The smallest absolute Gasteiger partial charge is 0.255 e. The number of nitrogens with zero attached hydrogens (tertiary/aromatic N) is 3. The number of hydrogen-bond acceptors (Lipinski definition) is 9. The number of nitrogens with two attached hydrogens (primary N) is 2. The first-order valence-corrected chi connectivity index (χ1v) is 12.6. The first-order chi connectivity index (χ1) is 15.7. The summed E-state index contributed by atoms with van der Waals surface area (Å²) in [6.45, 7) is 2.31. The fourth-order valence-corrected chi connectivity index (χ4v) is 4.55. The van der Waals surface area contributed by atoms with E-state index >= 15 is 0 Å². The van der Waals surface area contributed by atoms with Crippen LogP contribution in [0.2, 0.25) is 0 Å². The van der Waals surface area contributed by atoms with Gasteiger partial charge in [-0.1, -0.05) is 40.8 Å². The van der Waals surface area contributed by atoms with Crippen molar-refractivity contribution in [1.29, 1.82) is 0 Å². The molecule has 1 aromatic heterocycles. The van der Waals surface area contributed by atoms with Gasteiger partial charge in [-0.25, -0.2) is 10.8 Å². The standard InChI is InChI=1S/C21H27IN6O4S/c1-12(13-3-5-14(6-4-13)28(24)9-2-8-22)25-19(31)17(29)18(30)20(32)27-10-7-15-16(11-27)33-21(23)26-15/h2-6,9,12,17-18,29-30H,7-8,10-11,24H2,1H3,(H2,23,26)(H,25,31)/b9-2-/t12-,17-,18-/m1/s1. The molecule has 2 amide bonds. The highest BCUT2D eigenvalue weighted by Crippen LogP contribution is 2.27. The number of anilines is 2. The Hall–Kier alpha value is -2.26. The molecule has 0 saturated carbocycles. The third-order valence-electron chi connectivity index (χ3n) is 5.29. The summed E-state index contributed by atoms with van der Waals surface area (Å²) in [7, 11) is 0. The van der Waals surface area contributed by atoms with Crippen molar-refractivity contribution >= 4 is 56.6 Å². The summed E-state index contributed by atoms with van der Waals surface area (Å²) in [5.74, 6) is 4.40. The number of aliphatic hydroxyl groups is 2. The van der Waals surface area contributed by atoms with Crippen LogP contribution in [0.5, 0.6) is 0 Å². The van der Waals surface area contributed by atoms with Crippen molar-refractivity contribution in [2.24, 2.45) is 5.84 Å². The molecule has 1 aromatic carbocycles. The zero-order valence-electron chi connectivity index (χ0n) is 18.0. The minimum atomic E-state index is -1.90. The van der Waals surface area contributed by atoms with Gasteiger partial charge in [-0.15, -0.1) is 11.3 Å². The van der Waals surface area contributed by atoms with Crippen molar-refractivity contribution in [2.75, 3.05) is 21.7 Å². The maximum Gasteiger partial charge on any atom is 0.255 e. The van der Waals surface area contributed by atoms with Crippen LogP contribution in [-0.2, 0) is 22.6 Å². The van der Waals surface area contributed by atoms with E-state index in [9.17, 15) is 19.8 Å². The molecule has 0 unspecified atom stereocenters. The van der Waals surface area contributed by atoms with Crippen molar-refractivity contribution in [2.45, 2.75) is 38.1 Å². The van der Waals surface area contributed by atoms with E-state index in [4.69, 9.17) is 11.6 Å². The molecule has 0 spiro atoms. The van der Waals surface area contributed by atoms with Gasteiger partial charge in [-0.2, -0.15) is 0 Å². The maximum absolute atomic E-state index is 12.7. The number of nitrogen functional groups attached to an aromatic ring is 1. The first-order valence-electron chi connectivity index (χ1n) is 10.3. The third-order valence-corrected chi connectivity index (χ3v) is 6.71. The van der Waals surface area contributed by atoms with E-state index < -0.39 is 30.1 Å². The van der Waals surface area contributed by atoms with Crippen molar-refractivity contribution in [1.82, 2.24) is 15.2 Å². The van der Waals surface area contributed by atoms with Gasteiger partial charge in [-0.3, -0.25) is 14.6 Å². The number of amides is 2. The summed E-state index contributed by atoms with van der Waals surface area (Å²) in [5.41, 5.74) is 8.10. The number of thiazole rings is 1. The number of hydrazine groups is 1. The van der Waals surface area contributed by atoms with Crippen LogP contribution in [0.25, 0.3) is 0 Å². The topological polar surface area (TPSA) is 158 Å². The fraction of sp³-hybridized carbons (Fsp3) is 0.381. The Balaban J connectivity index is 1.57. The van der Waals surface area contributed by atoms with E-state index in [0.29, 0.717) is 18.1 Å². The highest BCUT2D eigenvalue weighted by atomic mass is 127. The lowest BCUT2D eigenvalue weighted by atomic mass is 10.1. The van der Waals surface area contributed by atoms with Crippen LogP contribution in [0, 0.1) is 0 Å². The number of benzene rings is 1. The largest absolute Gasteiger partial charge is 0.380 e. The van der Waals surface area contributed by atoms with E-state index in [2.05, 4.69) is 32.9 Å². The highest BCUT2D eigenvalue weighted by Gasteiger charge is 2.35. The lowest BCUT2D eigenvalue weighted by Gasteiger charge is -2.29. The molecule has 3 rings (SSSR count). The Morgan fingerprint density at radius 1 is 1.33 bits per heavy atom. The number of aliphatic hydroxyl groups excluding tert-OH is 2. The van der Waals surface area contributed by atoms with Gasteiger partial charge in [-0.05, 0) is 24.6 Å². The Morgan fingerprint density at radius 3 is 2.70 bits per heavy atom. The van der Waals surface area contributed by atoms with Crippen molar-refractivity contribution in [3.05, 3.63) is 52.7 Å². The zero-order chi connectivity index (χ0) is 24.1. The molecule has 0 aliphatic carbocycles. The van der Waals surface area contributed by atoms with Gasteiger partial charge < -0.3 is 26.2 Å². The van der Waals surface area contributed by atoms with Crippen molar-refractivity contribution in [3.63, 3.8) is 0 Å². The van der Waals surface area contributed by atoms with Gasteiger partial charge in [0.25, 0.3) is 11.8 Å². The average Bonchev–Trinajstić information content (AvgIpc) is 3.20. The molecule has 10 nitrogen and oxygen atoms in total. The number of alkyl halides is 1. The molecule has 0 radical (unpaired) electrons. The van der Waals surface area contributed by atoms with Gasteiger partial charge in [0.15, 0.2) is 17.3 Å². The van der Waals surface area contributed by atoms with Gasteiger partial charge in [0.2, 0.25) is 0 Å². The number of carbonyl (C=O) groups is 2. The van der Waals surface area contributed by atoms with E-state index in [1.165, 1.54) is 21.2 Å². The Labute approximate surface area is 209 Å². The van der Waals surface area contributed by atoms with Crippen LogP contribution in [0.4, 0.5) is 10.8 Å². The quantitative estimate of drug-likeness (QED) is 0.132. The Kier molecular flexibility index (Phi) is 8.64. The molecule has 178 valence electrons. The molecule has 7 N–H and O–H groups in total. The summed E-state index contributed by atoms with van der Waals surface area (Å²) in [5, 5.41) is 25.2. The number of hydrogen-bond donors (Lipinski definition) is 5. The molecule has 2 heterocycles. The maximum atomic E-state index is 12.7. The summed E-state index contributed by atoms with van der Waals surface area (Å²) in [6.07, 6.45) is 0.409. The second-order valence-corrected chi connectivity index (χ2v) is 9.59. The lowest BCUT2D eigenvalue weighted by molar-refractivity contribution is -0.154. The molecule has 2 aromatic rings. The molecule has 1 aliphatic heterocycles. The summed E-state index contributed by atoms with van der Waals surface area (Å²) >= 11 is 3.50. The van der Waals surface area contributed by atoms with E-state index in [-0.39, 0.29) is 6.54 Å². The number of halogens is 1. The summed E-state index contributed by atoms with van der Waals surface area (Å²) < 4.78 is 0.835. The summed E-state index contributed by atoms with van der Waals surface area (Å²) in [6, 6.07) is 6.76. The van der Waals surface area contributed by atoms with E-state index in [0.717, 1.165) is 26.2 Å². The molecule has 0 fully saturated rings. The normalized spacial score (nSPS) is 16.2. The summed E-state index contributed by atoms with van der Waals surface area (Å²) in [4.78, 5) is 31.6. The fourth-order valence-electron chi connectivity index (χ4n) is 3.43.